The maximum absolute atomic E-state index is 5.60. The van der Waals surface area contributed by atoms with Gasteiger partial charge in [-0.15, -0.1) is 15.3 Å². The van der Waals surface area contributed by atoms with Crippen LogP contribution in [0.4, 0.5) is 10.3 Å². The van der Waals surface area contributed by atoms with Gasteiger partial charge in [0.2, 0.25) is 10.3 Å². The van der Waals surface area contributed by atoms with Crippen molar-refractivity contribution in [3.63, 3.8) is 0 Å². The highest BCUT2D eigenvalue weighted by molar-refractivity contribution is 14.1. The van der Waals surface area contributed by atoms with Gasteiger partial charge < -0.3 is 15.4 Å². The standard InChI is InChI=1S/C9H11IN6OS2/c10-6-12-14-8(18-6)16-2-1-5(3-16)4-17-9-15-13-7(11)19-9/h5H,1-4H2,(H2,11,13)/t5-/m0/s1. The highest BCUT2D eigenvalue weighted by atomic mass is 127. The lowest BCUT2D eigenvalue weighted by atomic mass is 10.1. The Morgan fingerprint density at radius 3 is 2.89 bits per heavy atom. The quantitative estimate of drug-likeness (QED) is 0.764. The first-order valence-electron chi connectivity index (χ1n) is 5.66. The molecule has 102 valence electrons. The Hall–Kier alpha value is -0.750. The Balaban J connectivity index is 1.52. The second-order valence-electron chi connectivity index (χ2n) is 4.16. The molecule has 1 fully saturated rings. The molecule has 7 nitrogen and oxygen atoms in total. The van der Waals surface area contributed by atoms with Crippen LogP contribution < -0.4 is 15.4 Å². The van der Waals surface area contributed by atoms with Crippen molar-refractivity contribution in [2.75, 3.05) is 30.3 Å². The number of hydrogen-bond acceptors (Lipinski definition) is 9. The zero-order valence-electron chi connectivity index (χ0n) is 9.82. The number of nitrogens with two attached hydrogens (primary N) is 1. The Labute approximate surface area is 131 Å². The highest BCUT2D eigenvalue weighted by Crippen LogP contribution is 2.28. The molecule has 3 heterocycles. The van der Waals surface area contributed by atoms with E-state index in [1.54, 1.807) is 11.3 Å². The van der Waals surface area contributed by atoms with Gasteiger partial charge in [0.25, 0.3) is 5.19 Å². The number of rotatable bonds is 4. The summed E-state index contributed by atoms with van der Waals surface area (Å²) in [5, 5.41) is 17.7. The second kappa shape index (κ2) is 5.71. The lowest BCUT2D eigenvalue weighted by molar-refractivity contribution is 0.258. The van der Waals surface area contributed by atoms with E-state index in [0.717, 1.165) is 27.7 Å². The van der Waals surface area contributed by atoms with E-state index < -0.39 is 0 Å². The highest BCUT2D eigenvalue weighted by Gasteiger charge is 2.25. The molecule has 0 saturated carbocycles. The average molecular weight is 410 g/mol. The predicted octanol–water partition coefficient (Wildman–Crippen LogP) is 1.48. The van der Waals surface area contributed by atoms with Gasteiger partial charge in [-0.25, -0.2) is 0 Å². The Kier molecular flexibility index (Phi) is 3.98. The molecule has 1 aliphatic rings. The van der Waals surface area contributed by atoms with Gasteiger partial charge in [0.1, 0.15) is 0 Å². The van der Waals surface area contributed by atoms with Gasteiger partial charge in [-0.3, -0.25) is 0 Å². The van der Waals surface area contributed by atoms with Gasteiger partial charge in [-0.05, 0) is 40.3 Å². The molecule has 19 heavy (non-hydrogen) atoms. The van der Waals surface area contributed by atoms with E-state index in [9.17, 15) is 0 Å². The van der Waals surface area contributed by atoms with Gasteiger partial charge in [0.05, 0.1) is 6.61 Å². The van der Waals surface area contributed by atoms with E-state index in [2.05, 4.69) is 47.9 Å². The summed E-state index contributed by atoms with van der Waals surface area (Å²) in [6.45, 7) is 2.58. The summed E-state index contributed by atoms with van der Waals surface area (Å²) < 4.78 is 6.57. The van der Waals surface area contributed by atoms with Crippen LogP contribution in [0.1, 0.15) is 6.42 Å². The third-order valence-corrected chi connectivity index (χ3v) is 5.12. The molecule has 0 aromatic carbocycles. The lowest BCUT2D eigenvalue weighted by Crippen LogP contribution is -2.21. The van der Waals surface area contributed by atoms with Crippen molar-refractivity contribution >= 4 is 55.5 Å². The van der Waals surface area contributed by atoms with Crippen LogP contribution in [0.2, 0.25) is 0 Å². The summed E-state index contributed by atoms with van der Waals surface area (Å²) in [6, 6.07) is 0. The van der Waals surface area contributed by atoms with Crippen LogP contribution in [0, 0.1) is 8.93 Å². The van der Waals surface area contributed by atoms with Crippen LogP contribution >= 0.6 is 45.3 Å². The number of nitrogen functional groups attached to an aromatic ring is 1. The van der Waals surface area contributed by atoms with Crippen LogP contribution in [0.25, 0.3) is 0 Å². The molecular weight excluding hydrogens is 399 g/mol. The number of hydrogen-bond donors (Lipinski definition) is 1. The predicted molar refractivity (Wildman–Crippen MR) is 82.8 cm³/mol. The van der Waals surface area contributed by atoms with Crippen molar-refractivity contribution in [2.24, 2.45) is 5.92 Å². The van der Waals surface area contributed by atoms with Crippen molar-refractivity contribution in [1.29, 1.82) is 0 Å². The maximum Gasteiger partial charge on any atom is 0.295 e. The molecule has 0 radical (unpaired) electrons. The van der Waals surface area contributed by atoms with Crippen molar-refractivity contribution in [3.05, 3.63) is 3.01 Å². The molecule has 10 heteroatoms. The topological polar surface area (TPSA) is 90.0 Å². The summed E-state index contributed by atoms with van der Waals surface area (Å²) in [6.07, 6.45) is 1.09. The molecule has 0 spiro atoms. The molecule has 3 rings (SSSR count). The third kappa shape index (κ3) is 3.23. The number of anilines is 2. The molecule has 0 aliphatic carbocycles. The Morgan fingerprint density at radius 1 is 1.32 bits per heavy atom. The van der Waals surface area contributed by atoms with Gasteiger partial charge in [-0.1, -0.05) is 16.4 Å². The first kappa shape index (κ1) is 13.2. The normalized spacial score (nSPS) is 19.0. The number of halogens is 1. The number of aromatic nitrogens is 4. The minimum absolute atomic E-state index is 0.437. The van der Waals surface area contributed by atoms with E-state index in [1.807, 2.05) is 0 Å². The van der Waals surface area contributed by atoms with Crippen LogP contribution in [-0.2, 0) is 0 Å². The molecule has 1 aliphatic heterocycles. The smallest absolute Gasteiger partial charge is 0.295 e. The summed E-state index contributed by atoms with van der Waals surface area (Å²) in [5.74, 6) is 0.478. The molecule has 0 unspecified atom stereocenters. The van der Waals surface area contributed by atoms with Gasteiger partial charge in [0, 0.05) is 19.0 Å². The molecule has 1 saturated heterocycles. The first-order chi connectivity index (χ1) is 9.20. The summed E-state index contributed by atoms with van der Waals surface area (Å²) in [4.78, 5) is 2.25. The largest absolute Gasteiger partial charge is 0.469 e. The summed E-state index contributed by atoms with van der Waals surface area (Å²) in [7, 11) is 0. The van der Waals surface area contributed by atoms with Gasteiger partial charge >= 0.3 is 0 Å². The fraction of sp³-hybridized carbons (Fsp3) is 0.556. The average Bonchev–Trinajstić information content (AvgIpc) is 3.07. The van der Waals surface area contributed by atoms with E-state index in [0.29, 0.717) is 22.9 Å². The minimum atomic E-state index is 0.437. The van der Waals surface area contributed by atoms with Crippen molar-refractivity contribution in [3.8, 4) is 5.19 Å². The Bertz CT molecular complexity index is 560. The van der Waals surface area contributed by atoms with Crippen molar-refractivity contribution < 1.29 is 4.74 Å². The molecule has 0 amide bonds. The van der Waals surface area contributed by atoms with E-state index in [4.69, 9.17) is 10.5 Å². The van der Waals surface area contributed by atoms with Crippen LogP contribution in [0.5, 0.6) is 5.19 Å². The fourth-order valence-corrected chi connectivity index (χ4v) is 3.71. The van der Waals surface area contributed by atoms with Crippen LogP contribution in [0.3, 0.4) is 0 Å². The van der Waals surface area contributed by atoms with Gasteiger partial charge in [0.15, 0.2) is 3.01 Å². The SMILES string of the molecule is Nc1nnc(OC[C@H]2CCN(c3nnc(I)s3)C2)s1. The minimum Gasteiger partial charge on any atom is -0.469 e. The molecule has 2 N–H and O–H groups in total. The molecule has 0 bridgehead atoms. The first-order valence-corrected chi connectivity index (χ1v) is 8.37. The van der Waals surface area contributed by atoms with Crippen molar-refractivity contribution in [1.82, 2.24) is 20.4 Å². The van der Waals surface area contributed by atoms with Crippen LogP contribution in [0.15, 0.2) is 0 Å². The summed E-state index contributed by atoms with van der Waals surface area (Å²) in [5.41, 5.74) is 5.50. The molecular formula is C9H11IN6OS2. The second-order valence-corrected chi connectivity index (χ2v) is 7.84. The molecule has 2 aromatic rings. The number of ether oxygens (including phenoxy) is 1. The maximum atomic E-state index is 5.60. The third-order valence-electron chi connectivity index (χ3n) is 2.81. The van der Waals surface area contributed by atoms with Crippen molar-refractivity contribution in [2.45, 2.75) is 6.42 Å². The molecule has 1 atom stereocenters. The van der Waals surface area contributed by atoms with E-state index >= 15 is 0 Å². The van der Waals surface area contributed by atoms with E-state index in [-0.39, 0.29) is 0 Å². The summed E-state index contributed by atoms with van der Waals surface area (Å²) >= 11 is 5.07. The monoisotopic (exact) mass is 410 g/mol. The van der Waals surface area contributed by atoms with E-state index in [1.165, 1.54) is 11.3 Å². The Morgan fingerprint density at radius 2 is 2.21 bits per heavy atom. The fourth-order valence-electron chi connectivity index (χ4n) is 1.94. The lowest BCUT2D eigenvalue weighted by Gasteiger charge is -2.13. The van der Waals surface area contributed by atoms with Gasteiger partial charge in [-0.2, -0.15) is 0 Å². The molecule has 2 aromatic heterocycles. The zero-order chi connectivity index (χ0) is 13.2. The zero-order valence-corrected chi connectivity index (χ0v) is 13.6. The number of nitrogens with zero attached hydrogens (tertiary/aromatic N) is 5. The van der Waals surface area contributed by atoms with Crippen LogP contribution in [-0.4, -0.2) is 40.1 Å².